The molecular formula is C18H18O. The third-order valence-electron chi connectivity index (χ3n) is 4.33. The first kappa shape index (κ1) is 12.2. The molecule has 1 aliphatic rings. The quantitative estimate of drug-likeness (QED) is 0.742. The highest BCUT2D eigenvalue weighted by atomic mass is 16.1. The van der Waals surface area contributed by atoms with E-state index in [0.717, 1.165) is 5.56 Å². The van der Waals surface area contributed by atoms with Gasteiger partial charge in [-0.2, -0.15) is 0 Å². The van der Waals surface area contributed by atoms with Gasteiger partial charge in [0, 0.05) is 17.4 Å². The second-order valence-corrected chi connectivity index (χ2v) is 5.92. The van der Waals surface area contributed by atoms with Crippen molar-refractivity contribution in [2.24, 2.45) is 11.3 Å². The molecule has 3 rings (SSSR count). The van der Waals surface area contributed by atoms with Gasteiger partial charge < -0.3 is 0 Å². The zero-order valence-corrected chi connectivity index (χ0v) is 11.3. The van der Waals surface area contributed by atoms with Gasteiger partial charge in [0.05, 0.1) is 0 Å². The van der Waals surface area contributed by atoms with E-state index in [0.29, 0.717) is 5.92 Å². The van der Waals surface area contributed by atoms with Gasteiger partial charge in [0.1, 0.15) is 0 Å². The Bertz CT molecular complexity index is 584. The van der Waals surface area contributed by atoms with Gasteiger partial charge in [-0.05, 0) is 11.0 Å². The molecule has 1 fully saturated rings. The van der Waals surface area contributed by atoms with Gasteiger partial charge in [0.15, 0.2) is 5.78 Å². The minimum atomic E-state index is 0.0638. The summed E-state index contributed by atoms with van der Waals surface area (Å²) in [6.07, 6.45) is 0. The van der Waals surface area contributed by atoms with Crippen LogP contribution in [0.2, 0.25) is 0 Å². The lowest BCUT2D eigenvalue weighted by atomic mass is 10.0. The Morgan fingerprint density at radius 1 is 0.895 bits per heavy atom. The SMILES string of the molecule is CC1(C)[C@@H](C(=O)c2ccccc2)[C@@H]1c1ccccc1. The van der Waals surface area contributed by atoms with Crippen molar-refractivity contribution in [3.63, 3.8) is 0 Å². The number of benzene rings is 2. The zero-order valence-electron chi connectivity index (χ0n) is 11.3. The predicted octanol–water partition coefficient (Wildman–Crippen LogP) is 4.31. The molecule has 1 nitrogen and oxygen atoms in total. The monoisotopic (exact) mass is 250 g/mol. The number of carbonyl (C=O) groups is 1. The molecule has 1 saturated carbocycles. The van der Waals surface area contributed by atoms with Crippen molar-refractivity contribution in [2.75, 3.05) is 0 Å². The Morgan fingerprint density at radius 3 is 2.00 bits per heavy atom. The molecule has 0 bridgehead atoms. The first-order valence-corrected chi connectivity index (χ1v) is 6.76. The van der Waals surface area contributed by atoms with Crippen LogP contribution in [0.1, 0.15) is 35.7 Å². The molecular weight excluding hydrogens is 232 g/mol. The second kappa shape index (κ2) is 4.34. The Labute approximate surface area is 114 Å². The number of rotatable bonds is 3. The molecule has 0 spiro atoms. The van der Waals surface area contributed by atoms with E-state index in [-0.39, 0.29) is 17.1 Å². The van der Waals surface area contributed by atoms with Crippen molar-refractivity contribution in [2.45, 2.75) is 19.8 Å². The summed E-state index contributed by atoms with van der Waals surface area (Å²) in [5.41, 5.74) is 2.18. The number of Topliss-reactive ketones (excluding diaryl/α,β-unsaturated/α-hetero) is 1. The maximum Gasteiger partial charge on any atom is 0.167 e. The van der Waals surface area contributed by atoms with Crippen LogP contribution in [-0.4, -0.2) is 5.78 Å². The summed E-state index contributed by atoms with van der Waals surface area (Å²) >= 11 is 0. The van der Waals surface area contributed by atoms with Crippen molar-refractivity contribution in [1.82, 2.24) is 0 Å². The molecule has 19 heavy (non-hydrogen) atoms. The normalized spacial score (nSPS) is 23.9. The number of hydrogen-bond acceptors (Lipinski definition) is 1. The van der Waals surface area contributed by atoms with Crippen LogP contribution in [0.4, 0.5) is 0 Å². The molecule has 1 heteroatoms. The number of carbonyl (C=O) groups excluding carboxylic acids is 1. The molecule has 1 aliphatic carbocycles. The van der Waals surface area contributed by atoms with Crippen LogP contribution in [0, 0.1) is 11.3 Å². The summed E-state index contributed by atoms with van der Waals surface area (Å²) in [7, 11) is 0. The average Bonchev–Trinajstić information content (AvgIpc) is 3.02. The fourth-order valence-electron chi connectivity index (χ4n) is 3.19. The van der Waals surface area contributed by atoms with Crippen LogP contribution in [0.3, 0.4) is 0 Å². The van der Waals surface area contributed by atoms with Gasteiger partial charge in [-0.15, -0.1) is 0 Å². The van der Waals surface area contributed by atoms with E-state index in [1.807, 2.05) is 48.5 Å². The molecule has 0 heterocycles. The fraction of sp³-hybridized carbons (Fsp3) is 0.278. The first-order valence-electron chi connectivity index (χ1n) is 6.76. The Morgan fingerprint density at radius 2 is 1.42 bits per heavy atom. The maximum atomic E-state index is 12.6. The molecule has 96 valence electrons. The molecule has 0 aliphatic heterocycles. The lowest BCUT2D eigenvalue weighted by Crippen LogP contribution is -2.06. The summed E-state index contributed by atoms with van der Waals surface area (Å²) in [4.78, 5) is 12.6. The van der Waals surface area contributed by atoms with Gasteiger partial charge >= 0.3 is 0 Å². The molecule has 0 unspecified atom stereocenters. The van der Waals surface area contributed by atoms with E-state index in [1.54, 1.807) is 0 Å². The van der Waals surface area contributed by atoms with Crippen molar-refractivity contribution in [3.05, 3.63) is 71.8 Å². The molecule has 0 radical (unpaired) electrons. The first-order chi connectivity index (χ1) is 9.12. The van der Waals surface area contributed by atoms with Crippen LogP contribution in [0.15, 0.2) is 60.7 Å². The molecule has 0 aromatic heterocycles. The molecule has 0 N–H and O–H groups in total. The van der Waals surface area contributed by atoms with Gasteiger partial charge in [-0.3, -0.25) is 4.79 Å². The van der Waals surface area contributed by atoms with Gasteiger partial charge in [0.2, 0.25) is 0 Å². The minimum absolute atomic E-state index is 0.0638. The lowest BCUT2D eigenvalue weighted by molar-refractivity contribution is 0.0952. The third-order valence-corrected chi connectivity index (χ3v) is 4.33. The van der Waals surface area contributed by atoms with E-state index >= 15 is 0 Å². The summed E-state index contributed by atoms with van der Waals surface area (Å²) < 4.78 is 0. The molecule has 2 aromatic carbocycles. The van der Waals surface area contributed by atoms with Crippen molar-refractivity contribution in [3.8, 4) is 0 Å². The molecule has 2 atom stereocenters. The average molecular weight is 250 g/mol. The van der Waals surface area contributed by atoms with Gasteiger partial charge in [-0.25, -0.2) is 0 Å². The van der Waals surface area contributed by atoms with E-state index in [9.17, 15) is 4.79 Å². The highest BCUT2D eigenvalue weighted by molar-refractivity contribution is 6.01. The topological polar surface area (TPSA) is 17.1 Å². The van der Waals surface area contributed by atoms with Crippen molar-refractivity contribution in [1.29, 1.82) is 0 Å². The van der Waals surface area contributed by atoms with E-state index < -0.39 is 0 Å². The van der Waals surface area contributed by atoms with Crippen LogP contribution < -0.4 is 0 Å². The number of ketones is 1. The van der Waals surface area contributed by atoms with Crippen LogP contribution in [-0.2, 0) is 0 Å². The minimum Gasteiger partial charge on any atom is -0.294 e. The fourth-order valence-corrected chi connectivity index (χ4v) is 3.19. The maximum absolute atomic E-state index is 12.6. The summed E-state index contributed by atoms with van der Waals surface area (Å²) in [5, 5.41) is 0. The zero-order chi connectivity index (χ0) is 13.5. The van der Waals surface area contributed by atoms with Gasteiger partial charge in [-0.1, -0.05) is 74.5 Å². The second-order valence-electron chi connectivity index (χ2n) is 5.92. The third kappa shape index (κ3) is 1.99. The largest absolute Gasteiger partial charge is 0.294 e. The molecule has 0 saturated heterocycles. The van der Waals surface area contributed by atoms with Crippen molar-refractivity contribution < 1.29 is 4.79 Å². The van der Waals surface area contributed by atoms with Crippen LogP contribution in [0.25, 0.3) is 0 Å². The molecule has 2 aromatic rings. The van der Waals surface area contributed by atoms with E-state index in [4.69, 9.17) is 0 Å². The summed E-state index contributed by atoms with van der Waals surface area (Å²) in [6.45, 7) is 4.38. The highest BCUT2D eigenvalue weighted by Crippen LogP contribution is 2.65. The Hall–Kier alpha value is -1.89. The number of hydrogen-bond donors (Lipinski definition) is 0. The lowest BCUT2D eigenvalue weighted by Gasteiger charge is -2.01. The van der Waals surface area contributed by atoms with E-state index in [1.165, 1.54) is 5.56 Å². The van der Waals surface area contributed by atoms with Gasteiger partial charge in [0.25, 0.3) is 0 Å². The van der Waals surface area contributed by atoms with Crippen LogP contribution >= 0.6 is 0 Å². The summed E-state index contributed by atoms with van der Waals surface area (Å²) in [5.74, 6) is 0.734. The van der Waals surface area contributed by atoms with Crippen molar-refractivity contribution >= 4 is 5.78 Å². The predicted molar refractivity (Wildman–Crippen MR) is 77.2 cm³/mol. The summed E-state index contributed by atoms with van der Waals surface area (Å²) in [6, 6.07) is 20.0. The van der Waals surface area contributed by atoms with Crippen LogP contribution in [0.5, 0.6) is 0 Å². The Balaban J connectivity index is 1.89. The highest BCUT2D eigenvalue weighted by Gasteiger charge is 2.61. The standard InChI is InChI=1S/C18H18O/c1-18(2)15(13-9-5-3-6-10-13)16(18)17(19)14-11-7-4-8-12-14/h3-12,15-16H,1-2H3/t15-,16+/m0/s1. The smallest absolute Gasteiger partial charge is 0.167 e. The Kier molecular flexibility index (Phi) is 2.78. The molecule has 0 amide bonds. The van der Waals surface area contributed by atoms with E-state index in [2.05, 4.69) is 26.0 Å².